The van der Waals surface area contributed by atoms with E-state index in [0.717, 1.165) is 30.8 Å². The Morgan fingerprint density at radius 1 is 1.04 bits per heavy atom. The predicted molar refractivity (Wildman–Crippen MR) is 112 cm³/mol. The largest absolute Gasteiger partial charge is 0.493 e. The highest BCUT2D eigenvalue weighted by molar-refractivity contribution is 7.90. The van der Waals surface area contributed by atoms with Crippen LogP contribution in [0.3, 0.4) is 0 Å². The Labute approximate surface area is 168 Å². The van der Waals surface area contributed by atoms with E-state index in [1.165, 1.54) is 23.8 Å². The predicted octanol–water partition coefficient (Wildman–Crippen LogP) is 5.18. The van der Waals surface area contributed by atoms with Crippen molar-refractivity contribution in [1.82, 2.24) is 0 Å². The Balaban J connectivity index is 1.66. The summed E-state index contributed by atoms with van der Waals surface area (Å²) in [5.74, 6) is 3.18. The molecule has 3 rings (SSSR count). The molecule has 0 aromatic heterocycles. The molecule has 2 aromatic rings. The molecule has 2 aromatic carbocycles. The smallest absolute Gasteiger partial charge is 0.175 e. The second-order valence-corrected chi connectivity index (χ2v) is 9.95. The van der Waals surface area contributed by atoms with Crippen molar-refractivity contribution in [3.63, 3.8) is 0 Å². The lowest BCUT2D eigenvalue weighted by Crippen LogP contribution is -2.05. The molecule has 152 valence electrons. The zero-order valence-electron chi connectivity index (χ0n) is 17.1. The standard InChI is InChI=1S/C23H30O4S/c1-16(21-6-5-7-22(26-2)23(21)27-3)14-17-8-9-19(15-17)18-10-12-20(13-11-18)28(4,24)25/h5-7,10-13,16-17,19H,8-9,14-15H2,1-4H3/t16-,17?,19-/m0/s1. The maximum absolute atomic E-state index is 11.7. The number of ether oxygens (including phenoxy) is 2. The molecule has 0 radical (unpaired) electrons. The number of rotatable bonds is 7. The van der Waals surface area contributed by atoms with Crippen LogP contribution in [0.5, 0.6) is 11.5 Å². The van der Waals surface area contributed by atoms with Crippen LogP contribution in [0, 0.1) is 5.92 Å². The molecule has 0 amide bonds. The van der Waals surface area contributed by atoms with Crippen LogP contribution in [0.1, 0.15) is 55.6 Å². The van der Waals surface area contributed by atoms with Crippen LogP contribution in [-0.2, 0) is 9.84 Å². The van der Waals surface area contributed by atoms with Gasteiger partial charge in [0.25, 0.3) is 0 Å². The highest BCUT2D eigenvalue weighted by Gasteiger charge is 2.28. The molecule has 4 nitrogen and oxygen atoms in total. The lowest BCUT2D eigenvalue weighted by Gasteiger charge is -2.21. The van der Waals surface area contributed by atoms with Gasteiger partial charge in [0, 0.05) is 11.8 Å². The molecule has 1 unspecified atom stereocenters. The number of hydrogen-bond acceptors (Lipinski definition) is 4. The van der Waals surface area contributed by atoms with E-state index in [1.807, 2.05) is 24.3 Å². The van der Waals surface area contributed by atoms with Gasteiger partial charge in [0.2, 0.25) is 0 Å². The normalized spacial score (nSPS) is 20.7. The minimum atomic E-state index is -3.13. The quantitative estimate of drug-likeness (QED) is 0.640. The van der Waals surface area contributed by atoms with Crippen molar-refractivity contribution >= 4 is 9.84 Å². The van der Waals surface area contributed by atoms with Crippen molar-refractivity contribution in [3.8, 4) is 11.5 Å². The second-order valence-electron chi connectivity index (χ2n) is 7.94. The SMILES string of the molecule is COc1cccc([C@@H](C)CC2CC[C@H](c3ccc(S(C)(=O)=O)cc3)C2)c1OC. The van der Waals surface area contributed by atoms with Crippen molar-refractivity contribution in [3.05, 3.63) is 53.6 Å². The Morgan fingerprint density at radius 2 is 1.75 bits per heavy atom. The molecule has 1 aliphatic rings. The summed E-state index contributed by atoms with van der Waals surface area (Å²) in [6.45, 7) is 2.26. The zero-order valence-corrected chi connectivity index (χ0v) is 18.0. The van der Waals surface area contributed by atoms with Gasteiger partial charge in [-0.05, 0) is 67.2 Å². The Bertz CT molecular complexity index is 903. The van der Waals surface area contributed by atoms with Gasteiger partial charge in [-0.3, -0.25) is 0 Å². The summed E-state index contributed by atoms with van der Waals surface area (Å²) in [6.07, 6.45) is 5.87. The molecule has 3 atom stereocenters. The Hall–Kier alpha value is -2.01. The molecule has 1 fully saturated rings. The van der Waals surface area contributed by atoms with E-state index >= 15 is 0 Å². The molecule has 0 aliphatic heterocycles. The van der Waals surface area contributed by atoms with Gasteiger partial charge < -0.3 is 9.47 Å². The first-order chi connectivity index (χ1) is 13.3. The molecule has 0 heterocycles. The third kappa shape index (κ3) is 4.52. The number of benzene rings is 2. The molecular formula is C23H30O4S. The first-order valence-corrected chi connectivity index (χ1v) is 11.7. The van der Waals surface area contributed by atoms with Crippen LogP contribution in [0.4, 0.5) is 0 Å². The fourth-order valence-corrected chi connectivity index (χ4v) is 5.14. The lowest BCUT2D eigenvalue weighted by molar-refractivity contribution is 0.346. The van der Waals surface area contributed by atoms with Crippen LogP contribution in [0.25, 0.3) is 0 Å². The lowest BCUT2D eigenvalue weighted by atomic mass is 9.87. The second kappa shape index (κ2) is 8.56. The summed E-state index contributed by atoms with van der Waals surface area (Å²) in [4.78, 5) is 0.393. The van der Waals surface area contributed by atoms with Crippen molar-refractivity contribution in [2.75, 3.05) is 20.5 Å². The molecular weight excluding hydrogens is 372 g/mol. The van der Waals surface area contributed by atoms with Gasteiger partial charge in [0.15, 0.2) is 21.3 Å². The average molecular weight is 403 g/mol. The van der Waals surface area contributed by atoms with E-state index in [0.29, 0.717) is 22.6 Å². The fourth-order valence-electron chi connectivity index (χ4n) is 4.51. The first kappa shape index (κ1) is 20.7. The van der Waals surface area contributed by atoms with Crippen LogP contribution in [0.15, 0.2) is 47.4 Å². The van der Waals surface area contributed by atoms with Crippen LogP contribution in [-0.4, -0.2) is 28.9 Å². The first-order valence-electron chi connectivity index (χ1n) is 9.84. The van der Waals surface area contributed by atoms with E-state index in [4.69, 9.17) is 9.47 Å². The van der Waals surface area contributed by atoms with Gasteiger partial charge >= 0.3 is 0 Å². The molecule has 1 aliphatic carbocycles. The highest BCUT2D eigenvalue weighted by atomic mass is 32.2. The minimum absolute atomic E-state index is 0.390. The maximum atomic E-state index is 11.7. The Morgan fingerprint density at radius 3 is 2.36 bits per heavy atom. The minimum Gasteiger partial charge on any atom is -0.493 e. The number of hydrogen-bond donors (Lipinski definition) is 0. The summed E-state index contributed by atoms with van der Waals surface area (Å²) in [5.41, 5.74) is 2.45. The van der Waals surface area contributed by atoms with Crippen molar-refractivity contribution in [2.45, 2.75) is 49.3 Å². The summed E-state index contributed by atoms with van der Waals surface area (Å²) in [5, 5.41) is 0. The zero-order chi connectivity index (χ0) is 20.3. The number of sulfone groups is 1. The molecule has 0 spiro atoms. The summed E-state index contributed by atoms with van der Waals surface area (Å²) >= 11 is 0. The van der Waals surface area contributed by atoms with Gasteiger partial charge in [-0.25, -0.2) is 8.42 Å². The molecule has 1 saturated carbocycles. The summed E-state index contributed by atoms with van der Waals surface area (Å²) in [7, 11) is 0.229. The van der Waals surface area contributed by atoms with Gasteiger partial charge in [-0.15, -0.1) is 0 Å². The maximum Gasteiger partial charge on any atom is 0.175 e. The third-order valence-corrected chi connectivity index (χ3v) is 7.10. The van der Waals surface area contributed by atoms with Crippen molar-refractivity contribution < 1.29 is 17.9 Å². The van der Waals surface area contributed by atoms with E-state index in [9.17, 15) is 8.42 Å². The van der Waals surface area contributed by atoms with Gasteiger partial charge in [0.05, 0.1) is 19.1 Å². The van der Waals surface area contributed by atoms with Gasteiger partial charge in [-0.1, -0.05) is 31.2 Å². The molecule has 0 N–H and O–H groups in total. The van der Waals surface area contributed by atoms with Crippen LogP contribution >= 0.6 is 0 Å². The topological polar surface area (TPSA) is 52.6 Å². The molecule has 28 heavy (non-hydrogen) atoms. The number of para-hydroxylation sites is 1. The molecule has 5 heteroatoms. The Kier molecular flexibility index (Phi) is 6.33. The summed E-state index contributed by atoms with van der Waals surface area (Å²) < 4.78 is 34.4. The van der Waals surface area contributed by atoms with E-state index in [1.54, 1.807) is 26.4 Å². The van der Waals surface area contributed by atoms with E-state index < -0.39 is 9.84 Å². The van der Waals surface area contributed by atoms with Crippen molar-refractivity contribution in [1.29, 1.82) is 0 Å². The molecule has 0 saturated heterocycles. The third-order valence-electron chi connectivity index (χ3n) is 5.97. The summed E-state index contributed by atoms with van der Waals surface area (Å²) in [6, 6.07) is 13.5. The van der Waals surface area contributed by atoms with Gasteiger partial charge in [-0.2, -0.15) is 0 Å². The number of methoxy groups -OCH3 is 2. The van der Waals surface area contributed by atoms with E-state index in [2.05, 4.69) is 13.0 Å². The van der Waals surface area contributed by atoms with Gasteiger partial charge in [0.1, 0.15) is 0 Å². The average Bonchev–Trinajstić information content (AvgIpc) is 3.15. The molecule has 0 bridgehead atoms. The highest BCUT2D eigenvalue weighted by Crippen LogP contribution is 2.44. The van der Waals surface area contributed by atoms with Crippen LogP contribution < -0.4 is 9.47 Å². The monoisotopic (exact) mass is 402 g/mol. The van der Waals surface area contributed by atoms with Crippen molar-refractivity contribution in [2.24, 2.45) is 5.92 Å². The van der Waals surface area contributed by atoms with E-state index in [-0.39, 0.29) is 0 Å². The fraction of sp³-hybridized carbons (Fsp3) is 0.478. The van der Waals surface area contributed by atoms with Crippen LogP contribution in [0.2, 0.25) is 0 Å².